The van der Waals surface area contributed by atoms with E-state index in [9.17, 15) is 5.11 Å². The van der Waals surface area contributed by atoms with E-state index in [-0.39, 0.29) is 0 Å². The molecule has 3 rings (SSSR count). The van der Waals surface area contributed by atoms with Crippen molar-refractivity contribution in [3.8, 4) is 0 Å². The number of aliphatic hydroxyl groups is 1. The largest absolute Gasteiger partial charge is 0.382 e. The number of aliphatic imine (C=N–C) groups is 1. The van der Waals surface area contributed by atoms with Crippen molar-refractivity contribution in [3.63, 3.8) is 0 Å². The van der Waals surface area contributed by atoms with Gasteiger partial charge in [-0.2, -0.15) is 0 Å². The lowest BCUT2D eigenvalue weighted by atomic mass is 9.92. The Morgan fingerprint density at radius 2 is 2.28 bits per heavy atom. The van der Waals surface area contributed by atoms with Crippen LogP contribution >= 0.6 is 23.4 Å². The highest BCUT2D eigenvalue weighted by atomic mass is 35.5. The highest BCUT2D eigenvalue weighted by Crippen LogP contribution is 2.42. The summed E-state index contributed by atoms with van der Waals surface area (Å²) in [6.45, 7) is 2.19. The lowest BCUT2D eigenvalue weighted by Gasteiger charge is -2.21. The number of fused-ring (bicyclic) bond motifs is 1. The highest BCUT2D eigenvalue weighted by molar-refractivity contribution is 7.99. The smallest absolute Gasteiger partial charge is 0.122 e. The van der Waals surface area contributed by atoms with Gasteiger partial charge in [0.05, 0.1) is 5.70 Å². The number of nitrogens with zero attached hydrogens (tertiary/aromatic N) is 1. The number of halogens is 1. The Morgan fingerprint density at radius 3 is 3.11 bits per heavy atom. The zero-order valence-electron chi connectivity index (χ0n) is 10.1. The summed E-state index contributed by atoms with van der Waals surface area (Å²) in [6.07, 6.45) is 2.25. The van der Waals surface area contributed by atoms with Gasteiger partial charge in [-0.15, -0.1) is 11.8 Å². The third-order valence-electron chi connectivity index (χ3n) is 3.53. The van der Waals surface area contributed by atoms with Crippen LogP contribution in [0, 0.1) is 5.92 Å². The molecule has 0 aliphatic carbocycles. The lowest BCUT2D eigenvalue weighted by Crippen LogP contribution is -2.13. The zero-order valence-corrected chi connectivity index (χ0v) is 11.6. The summed E-state index contributed by atoms with van der Waals surface area (Å²) in [6, 6.07) is 5.66. The van der Waals surface area contributed by atoms with Crippen LogP contribution in [0.15, 0.2) is 39.4 Å². The van der Waals surface area contributed by atoms with Crippen LogP contribution in [0.3, 0.4) is 0 Å². The average Bonchev–Trinajstić information content (AvgIpc) is 2.49. The van der Waals surface area contributed by atoms with Crippen LogP contribution in [0.5, 0.6) is 0 Å². The fourth-order valence-electron chi connectivity index (χ4n) is 2.41. The number of aliphatic hydroxyl groups excluding tert-OH is 1. The summed E-state index contributed by atoms with van der Waals surface area (Å²) >= 11 is 7.76. The van der Waals surface area contributed by atoms with Crippen molar-refractivity contribution in [1.82, 2.24) is 0 Å². The minimum atomic E-state index is -0.624. The quantitative estimate of drug-likeness (QED) is 0.782. The van der Waals surface area contributed by atoms with Crippen LogP contribution in [-0.2, 0) is 0 Å². The molecule has 2 nitrogen and oxygen atoms in total. The van der Waals surface area contributed by atoms with E-state index in [4.69, 9.17) is 11.6 Å². The molecule has 0 spiro atoms. The first-order valence-electron chi connectivity index (χ1n) is 6.02. The summed E-state index contributed by atoms with van der Waals surface area (Å²) < 4.78 is 0. The molecule has 2 heterocycles. The maximum Gasteiger partial charge on any atom is 0.122 e. The summed E-state index contributed by atoms with van der Waals surface area (Å²) in [4.78, 5) is 5.48. The molecule has 2 atom stereocenters. The van der Waals surface area contributed by atoms with Crippen LogP contribution < -0.4 is 0 Å². The normalized spacial score (nSPS) is 26.6. The fourth-order valence-corrected chi connectivity index (χ4v) is 3.95. The maximum atomic E-state index is 10.5. The lowest BCUT2D eigenvalue weighted by molar-refractivity contribution is 0.209. The van der Waals surface area contributed by atoms with E-state index in [0.29, 0.717) is 10.9 Å². The molecule has 1 N–H and O–H groups in total. The van der Waals surface area contributed by atoms with Gasteiger partial charge < -0.3 is 5.11 Å². The van der Waals surface area contributed by atoms with Gasteiger partial charge in [0.15, 0.2) is 0 Å². The SMILES string of the molecule is CC1CC=NC2=C1CSc1cc(Cl)ccc1C2O. The topological polar surface area (TPSA) is 32.6 Å². The van der Waals surface area contributed by atoms with Crippen molar-refractivity contribution in [3.05, 3.63) is 40.1 Å². The second-order valence-electron chi connectivity index (χ2n) is 4.73. The minimum Gasteiger partial charge on any atom is -0.382 e. The van der Waals surface area contributed by atoms with E-state index >= 15 is 0 Å². The molecular formula is C14H14ClNOS. The van der Waals surface area contributed by atoms with Gasteiger partial charge in [-0.05, 0) is 30.0 Å². The Kier molecular flexibility index (Phi) is 3.22. The predicted molar refractivity (Wildman–Crippen MR) is 76.4 cm³/mol. The highest BCUT2D eigenvalue weighted by Gasteiger charge is 2.28. The third-order valence-corrected chi connectivity index (χ3v) is 4.88. The summed E-state index contributed by atoms with van der Waals surface area (Å²) in [5.74, 6) is 1.35. The minimum absolute atomic E-state index is 0.462. The molecular weight excluding hydrogens is 266 g/mol. The summed E-state index contributed by atoms with van der Waals surface area (Å²) in [5.41, 5.74) is 3.02. The molecule has 2 unspecified atom stereocenters. The van der Waals surface area contributed by atoms with Gasteiger partial charge >= 0.3 is 0 Å². The first kappa shape index (κ1) is 12.3. The second kappa shape index (κ2) is 4.72. The van der Waals surface area contributed by atoms with Crippen LogP contribution in [0.4, 0.5) is 0 Å². The zero-order chi connectivity index (χ0) is 12.7. The van der Waals surface area contributed by atoms with E-state index in [1.165, 1.54) is 5.57 Å². The van der Waals surface area contributed by atoms with E-state index in [1.807, 2.05) is 24.4 Å². The number of benzene rings is 1. The number of hydrogen-bond acceptors (Lipinski definition) is 3. The molecule has 4 heteroatoms. The van der Waals surface area contributed by atoms with Crippen molar-refractivity contribution < 1.29 is 5.11 Å². The Bertz CT molecular complexity index is 553. The maximum absolute atomic E-state index is 10.5. The van der Waals surface area contributed by atoms with Gasteiger partial charge in [0.1, 0.15) is 6.10 Å². The third kappa shape index (κ3) is 2.00. The second-order valence-corrected chi connectivity index (χ2v) is 6.19. The molecule has 2 aliphatic rings. The van der Waals surface area contributed by atoms with Gasteiger partial charge in [0, 0.05) is 27.4 Å². The molecule has 2 aliphatic heterocycles. The van der Waals surface area contributed by atoms with Crippen LogP contribution in [0.25, 0.3) is 0 Å². The standard InChI is InChI=1S/C14H14ClNOS/c1-8-4-5-16-13-11(8)7-18-12-6-9(15)2-3-10(12)14(13)17/h2-3,5-6,8,14,17H,4,7H2,1H3. The molecule has 94 valence electrons. The van der Waals surface area contributed by atoms with E-state index < -0.39 is 6.10 Å². The fraction of sp³-hybridized carbons (Fsp3) is 0.357. The van der Waals surface area contributed by atoms with Crippen molar-refractivity contribution in [1.29, 1.82) is 0 Å². The molecule has 0 fully saturated rings. The molecule has 0 amide bonds. The Morgan fingerprint density at radius 1 is 1.44 bits per heavy atom. The van der Waals surface area contributed by atoms with Crippen molar-refractivity contribution in [2.24, 2.45) is 10.9 Å². The van der Waals surface area contributed by atoms with Crippen LogP contribution in [0.2, 0.25) is 5.02 Å². The van der Waals surface area contributed by atoms with Crippen LogP contribution in [-0.4, -0.2) is 17.1 Å². The summed E-state index contributed by atoms with van der Waals surface area (Å²) in [5, 5.41) is 11.2. The molecule has 0 aromatic heterocycles. The molecule has 0 radical (unpaired) electrons. The Labute approximate surface area is 116 Å². The van der Waals surface area contributed by atoms with E-state index in [1.54, 1.807) is 11.8 Å². The molecule has 0 saturated heterocycles. The number of hydrogen-bond donors (Lipinski definition) is 1. The monoisotopic (exact) mass is 279 g/mol. The predicted octanol–water partition coefficient (Wildman–Crippen LogP) is 3.84. The Balaban J connectivity index is 2.09. The summed E-state index contributed by atoms with van der Waals surface area (Å²) in [7, 11) is 0. The van der Waals surface area contributed by atoms with Crippen molar-refractivity contribution in [2.45, 2.75) is 24.3 Å². The van der Waals surface area contributed by atoms with Gasteiger partial charge in [-0.25, -0.2) is 0 Å². The molecule has 1 aromatic carbocycles. The average molecular weight is 280 g/mol. The van der Waals surface area contributed by atoms with Gasteiger partial charge in [-0.1, -0.05) is 24.6 Å². The van der Waals surface area contributed by atoms with Crippen LogP contribution in [0.1, 0.15) is 25.0 Å². The van der Waals surface area contributed by atoms with Gasteiger partial charge in [-0.3, -0.25) is 4.99 Å². The Hall–Kier alpha value is -0.770. The number of thioether (sulfide) groups is 1. The molecule has 0 bridgehead atoms. The van der Waals surface area contributed by atoms with E-state index in [0.717, 1.165) is 28.3 Å². The molecule has 18 heavy (non-hydrogen) atoms. The number of rotatable bonds is 0. The first-order valence-corrected chi connectivity index (χ1v) is 7.39. The molecule has 1 aromatic rings. The van der Waals surface area contributed by atoms with Gasteiger partial charge in [0.2, 0.25) is 0 Å². The first-order chi connectivity index (χ1) is 8.66. The van der Waals surface area contributed by atoms with Gasteiger partial charge in [0.25, 0.3) is 0 Å². The van der Waals surface area contributed by atoms with Crippen molar-refractivity contribution >= 4 is 29.6 Å². The van der Waals surface area contributed by atoms with E-state index in [2.05, 4.69) is 11.9 Å². The van der Waals surface area contributed by atoms with Crippen molar-refractivity contribution in [2.75, 3.05) is 5.75 Å². The molecule has 0 saturated carbocycles.